The molecule has 3 aliphatic heterocycles. The Morgan fingerprint density at radius 1 is 1.34 bits per heavy atom. The highest BCUT2D eigenvalue weighted by molar-refractivity contribution is 6.59. The molecule has 1 aromatic rings. The fourth-order valence-electron chi connectivity index (χ4n) is 3.62. The smallest absolute Gasteiger partial charge is 0.430 e. The number of carbonyl (C=O) groups is 2. The first-order valence-corrected chi connectivity index (χ1v) is 9.37. The maximum absolute atomic E-state index is 12.4. The Labute approximate surface area is 166 Å². The number of amides is 1. The fourth-order valence-corrected chi connectivity index (χ4v) is 3.62. The molecular formula is C18H21BN3O7-. The van der Waals surface area contributed by atoms with Crippen LogP contribution in [0.25, 0.3) is 0 Å². The van der Waals surface area contributed by atoms with Gasteiger partial charge in [-0.1, -0.05) is 18.5 Å². The normalized spacial score (nSPS) is 20.9. The Morgan fingerprint density at radius 2 is 2.10 bits per heavy atom. The van der Waals surface area contributed by atoms with Gasteiger partial charge in [-0.3, -0.25) is 9.79 Å². The third-order valence-corrected chi connectivity index (χ3v) is 5.22. The molecule has 10 nitrogen and oxygen atoms in total. The maximum Gasteiger partial charge on any atom is 0.430 e. The van der Waals surface area contributed by atoms with E-state index in [0.29, 0.717) is 17.7 Å². The Bertz CT molecular complexity index is 924. The summed E-state index contributed by atoms with van der Waals surface area (Å²) < 4.78 is 10.9. The third kappa shape index (κ3) is 3.71. The molecule has 0 spiro atoms. The number of nitrogens with zero attached hydrogens (tertiary/aromatic N) is 2. The average Bonchev–Trinajstić information content (AvgIpc) is 3.16. The summed E-state index contributed by atoms with van der Waals surface area (Å²) in [5.74, 6) is -1.61. The number of carboxylic acids is 1. The van der Waals surface area contributed by atoms with Crippen molar-refractivity contribution in [3.8, 4) is 11.5 Å². The molecule has 3 aliphatic rings. The summed E-state index contributed by atoms with van der Waals surface area (Å²) >= 11 is 0. The van der Waals surface area contributed by atoms with Gasteiger partial charge in [0.1, 0.15) is 23.5 Å². The second kappa shape index (κ2) is 7.18. The van der Waals surface area contributed by atoms with Crippen LogP contribution in [0.1, 0.15) is 22.3 Å². The molecule has 5 N–H and O–H groups in total. The first-order chi connectivity index (χ1) is 13.7. The number of carbonyl (C=O) groups excluding carboxylic acids is 1. The number of hydrogen-bond acceptors (Lipinski definition) is 8. The van der Waals surface area contributed by atoms with Crippen LogP contribution >= 0.6 is 0 Å². The molecule has 0 aliphatic carbocycles. The minimum atomic E-state index is -3.10. The molecule has 154 valence electrons. The number of rotatable bonds is 5. The van der Waals surface area contributed by atoms with Gasteiger partial charge < -0.3 is 35.2 Å². The minimum Gasteiger partial charge on any atom is -0.669 e. The number of hydrogen-bond donors (Lipinski definition) is 4. The van der Waals surface area contributed by atoms with Crippen molar-refractivity contribution in [1.29, 1.82) is 0 Å². The van der Waals surface area contributed by atoms with E-state index in [2.05, 4.69) is 4.99 Å². The van der Waals surface area contributed by atoms with Crippen LogP contribution in [0, 0.1) is 0 Å². The summed E-state index contributed by atoms with van der Waals surface area (Å²) in [6.07, 6.45) is 4.00. The van der Waals surface area contributed by atoms with E-state index < -0.39 is 24.9 Å². The van der Waals surface area contributed by atoms with E-state index in [1.807, 2.05) is 0 Å². The maximum atomic E-state index is 12.4. The van der Waals surface area contributed by atoms with Crippen molar-refractivity contribution < 1.29 is 34.1 Å². The number of aliphatic imine (C=N–C) groups is 1. The van der Waals surface area contributed by atoms with E-state index in [9.17, 15) is 24.7 Å². The Kier molecular flexibility index (Phi) is 4.81. The van der Waals surface area contributed by atoms with E-state index in [1.165, 1.54) is 11.0 Å². The summed E-state index contributed by atoms with van der Waals surface area (Å²) in [6, 6.07) is 2.34. The second-order valence-corrected chi connectivity index (χ2v) is 7.38. The topological polar surface area (TPSA) is 155 Å². The number of likely N-dealkylation sites (tertiary alicyclic amines) is 1. The van der Waals surface area contributed by atoms with Gasteiger partial charge in [-0.2, -0.15) is 0 Å². The first-order valence-electron chi connectivity index (χ1n) is 9.37. The van der Waals surface area contributed by atoms with Crippen molar-refractivity contribution in [2.24, 2.45) is 10.7 Å². The van der Waals surface area contributed by atoms with Crippen LogP contribution in [0.15, 0.2) is 28.9 Å². The summed E-state index contributed by atoms with van der Waals surface area (Å²) in [4.78, 5) is 29.8. The van der Waals surface area contributed by atoms with Crippen molar-refractivity contribution in [2.75, 3.05) is 13.1 Å². The Balaban J connectivity index is 1.45. The monoisotopic (exact) mass is 402 g/mol. The summed E-state index contributed by atoms with van der Waals surface area (Å²) in [7, 11) is 0. The number of aromatic carboxylic acids is 1. The largest absolute Gasteiger partial charge is 0.669 e. The number of benzene rings is 1. The molecule has 1 atom stereocenters. The zero-order valence-electron chi connectivity index (χ0n) is 15.5. The number of fused-ring (bicyclic) bond motifs is 1. The molecule has 0 radical (unpaired) electrons. The van der Waals surface area contributed by atoms with Gasteiger partial charge in [-0.25, -0.2) is 4.79 Å². The lowest BCUT2D eigenvalue weighted by molar-refractivity contribution is -0.140. The predicted molar refractivity (Wildman–Crippen MR) is 103 cm³/mol. The third-order valence-electron chi connectivity index (χ3n) is 5.22. The molecule has 0 unspecified atom stereocenters. The van der Waals surface area contributed by atoms with Crippen LogP contribution in [0.4, 0.5) is 0 Å². The standard InChI is InChI=1S/C18H21BN3O7/c20-15(12-2-1-7-21-12)17(23)22-8-11(9-22)28-13-4-3-10-5-6-19(26,27)29-16(10)14(13)18(24)25/h2-4,7,11,15,26-27H,1,5-6,8-9,20H2,(H,24,25)/q-1/t15-/m1/s1. The van der Waals surface area contributed by atoms with E-state index >= 15 is 0 Å². The molecule has 1 amide bonds. The molecule has 0 saturated carbocycles. The van der Waals surface area contributed by atoms with Gasteiger partial charge in [0.2, 0.25) is 5.91 Å². The van der Waals surface area contributed by atoms with Crippen LogP contribution in [-0.4, -0.2) is 70.1 Å². The van der Waals surface area contributed by atoms with Crippen LogP contribution < -0.4 is 15.1 Å². The lowest BCUT2D eigenvalue weighted by Crippen LogP contribution is -2.60. The highest BCUT2D eigenvalue weighted by atomic mass is 16.6. The molecule has 0 aromatic heterocycles. The molecule has 4 rings (SSSR count). The lowest BCUT2D eigenvalue weighted by atomic mass is 9.70. The SMILES string of the molecule is N[C@@H](C(=O)N1CC(Oc2ccc3c(c2C(=O)O)O[B-](O)(O)CC3)C1)C1=CCC=N1. The van der Waals surface area contributed by atoms with E-state index in [1.54, 1.807) is 18.4 Å². The van der Waals surface area contributed by atoms with Crippen molar-refractivity contribution >= 4 is 24.8 Å². The number of allylic oxidation sites excluding steroid dienone is 1. The van der Waals surface area contributed by atoms with Gasteiger partial charge in [0.15, 0.2) is 0 Å². The Hall–Kier alpha value is -2.89. The predicted octanol–water partition coefficient (Wildman–Crippen LogP) is -0.481. The first kappa shape index (κ1) is 19.4. The van der Waals surface area contributed by atoms with Gasteiger partial charge >= 0.3 is 12.7 Å². The molecule has 29 heavy (non-hydrogen) atoms. The highest BCUT2D eigenvalue weighted by Crippen LogP contribution is 2.39. The number of ether oxygens (including phenoxy) is 1. The van der Waals surface area contributed by atoms with E-state index in [4.69, 9.17) is 15.1 Å². The molecule has 1 fully saturated rings. The molecule has 0 bridgehead atoms. The number of carboxylic acid groups (broad SMARTS) is 1. The van der Waals surface area contributed by atoms with Gasteiger partial charge in [-0.15, -0.1) is 0 Å². The second-order valence-electron chi connectivity index (χ2n) is 7.38. The summed E-state index contributed by atoms with van der Waals surface area (Å²) in [6.45, 7) is -2.59. The minimum absolute atomic E-state index is 0.00725. The van der Waals surface area contributed by atoms with Crippen molar-refractivity contribution in [2.45, 2.75) is 31.3 Å². The number of nitrogens with two attached hydrogens (primary N) is 1. The molecular weight excluding hydrogens is 381 g/mol. The van der Waals surface area contributed by atoms with Crippen molar-refractivity contribution in [3.05, 3.63) is 35.0 Å². The zero-order valence-corrected chi connectivity index (χ0v) is 15.5. The van der Waals surface area contributed by atoms with E-state index in [0.717, 1.165) is 0 Å². The van der Waals surface area contributed by atoms with Crippen molar-refractivity contribution in [1.82, 2.24) is 4.90 Å². The van der Waals surface area contributed by atoms with E-state index in [-0.39, 0.29) is 48.8 Å². The fraction of sp³-hybridized carbons (Fsp3) is 0.389. The van der Waals surface area contributed by atoms with Gasteiger partial charge in [0.05, 0.1) is 24.5 Å². The molecule has 1 saturated heterocycles. The average molecular weight is 402 g/mol. The van der Waals surface area contributed by atoms with Crippen LogP contribution in [0.5, 0.6) is 11.5 Å². The quantitative estimate of drug-likeness (QED) is 0.482. The summed E-state index contributed by atoms with van der Waals surface area (Å²) in [5, 5.41) is 29.2. The van der Waals surface area contributed by atoms with Crippen LogP contribution in [0.2, 0.25) is 6.32 Å². The molecule has 11 heteroatoms. The molecule has 3 heterocycles. The van der Waals surface area contributed by atoms with Gasteiger partial charge in [0, 0.05) is 12.6 Å². The van der Waals surface area contributed by atoms with Gasteiger partial charge in [0.25, 0.3) is 0 Å². The Morgan fingerprint density at radius 3 is 2.76 bits per heavy atom. The highest BCUT2D eigenvalue weighted by Gasteiger charge is 2.38. The zero-order chi connectivity index (χ0) is 20.8. The van der Waals surface area contributed by atoms with Crippen molar-refractivity contribution in [3.63, 3.8) is 0 Å². The van der Waals surface area contributed by atoms with Gasteiger partial charge in [-0.05, 0) is 18.1 Å². The molecule has 1 aromatic carbocycles. The van der Waals surface area contributed by atoms with Crippen LogP contribution in [0.3, 0.4) is 0 Å². The summed E-state index contributed by atoms with van der Waals surface area (Å²) in [5.41, 5.74) is 6.79. The van der Waals surface area contributed by atoms with Crippen LogP contribution in [-0.2, 0) is 11.2 Å². The lowest BCUT2D eigenvalue weighted by Gasteiger charge is -2.41. The number of aryl methyl sites for hydroxylation is 1.